The fraction of sp³-hybridized carbons (Fsp3) is 0.692. The van der Waals surface area contributed by atoms with E-state index in [9.17, 15) is 0 Å². The van der Waals surface area contributed by atoms with Crippen molar-refractivity contribution < 1.29 is 0 Å². The maximum atomic E-state index is 4.14. The predicted molar refractivity (Wildman–Crippen MR) is 70.0 cm³/mol. The minimum atomic E-state index is 0.746. The Morgan fingerprint density at radius 1 is 1.29 bits per heavy atom. The van der Waals surface area contributed by atoms with E-state index in [1.54, 1.807) is 12.4 Å². The third kappa shape index (κ3) is 4.30. The lowest BCUT2D eigenvalue weighted by Crippen LogP contribution is -2.30. The van der Waals surface area contributed by atoms with Gasteiger partial charge in [-0.05, 0) is 57.8 Å². The molecule has 1 aliphatic rings. The molecule has 1 aliphatic heterocycles. The van der Waals surface area contributed by atoms with E-state index in [0.717, 1.165) is 18.4 Å². The molecule has 17 heavy (non-hydrogen) atoms. The zero-order valence-corrected chi connectivity index (χ0v) is 10.6. The number of hydrogen-bond acceptors (Lipinski definition) is 4. The molecule has 1 saturated heterocycles. The highest BCUT2D eigenvalue weighted by Gasteiger charge is 2.15. The average molecular weight is 234 g/mol. The van der Waals surface area contributed by atoms with E-state index in [-0.39, 0.29) is 0 Å². The molecule has 4 heteroatoms. The molecule has 0 atom stereocenters. The first-order chi connectivity index (χ1) is 8.34. The smallest absolute Gasteiger partial charge is 0.222 e. The van der Waals surface area contributed by atoms with Gasteiger partial charge in [0.1, 0.15) is 0 Å². The van der Waals surface area contributed by atoms with Gasteiger partial charge in [0.05, 0.1) is 0 Å². The van der Waals surface area contributed by atoms with E-state index in [1.807, 2.05) is 6.07 Å². The predicted octanol–water partition coefficient (Wildman–Crippen LogP) is 2.01. The Morgan fingerprint density at radius 2 is 2.00 bits per heavy atom. The Hall–Kier alpha value is -1.16. The molecule has 1 aromatic heterocycles. The molecule has 0 amide bonds. The summed E-state index contributed by atoms with van der Waals surface area (Å²) < 4.78 is 0. The van der Waals surface area contributed by atoms with Crippen LogP contribution in [-0.4, -0.2) is 41.5 Å². The number of anilines is 1. The summed E-state index contributed by atoms with van der Waals surface area (Å²) >= 11 is 0. The van der Waals surface area contributed by atoms with Crippen molar-refractivity contribution in [2.75, 3.05) is 32.0 Å². The van der Waals surface area contributed by atoms with Crippen LogP contribution in [0.1, 0.15) is 25.7 Å². The summed E-state index contributed by atoms with van der Waals surface area (Å²) in [5.74, 6) is 1.67. The molecule has 0 saturated carbocycles. The summed E-state index contributed by atoms with van der Waals surface area (Å²) in [5, 5.41) is 3.26. The normalized spacial score (nSPS) is 18.2. The first-order valence-electron chi connectivity index (χ1n) is 6.54. The van der Waals surface area contributed by atoms with Crippen molar-refractivity contribution >= 4 is 5.95 Å². The van der Waals surface area contributed by atoms with E-state index < -0.39 is 0 Å². The highest BCUT2D eigenvalue weighted by Crippen LogP contribution is 2.20. The Morgan fingerprint density at radius 3 is 2.71 bits per heavy atom. The first-order valence-corrected chi connectivity index (χ1v) is 6.54. The largest absolute Gasteiger partial charge is 0.354 e. The Bertz CT molecular complexity index is 306. The van der Waals surface area contributed by atoms with Gasteiger partial charge in [0, 0.05) is 18.9 Å². The molecule has 1 aromatic rings. The third-order valence-corrected chi connectivity index (χ3v) is 3.48. The van der Waals surface area contributed by atoms with Crippen LogP contribution in [0.3, 0.4) is 0 Å². The van der Waals surface area contributed by atoms with Gasteiger partial charge < -0.3 is 10.2 Å². The molecule has 2 rings (SSSR count). The molecule has 0 unspecified atom stereocenters. The van der Waals surface area contributed by atoms with Gasteiger partial charge in [-0.2, -0.15) is 0 Å². The van der Waals surface area contributed by atoms with Gasteiger partial charge in [-0.15, -0.1) is 0 Å². The van der Waals surface area contributed by atoms with Gasteiger partial charge >= 0.3 is 0 Å². The van der Waals surface area contributed by atoms with Crippen LogP contribution in [0, 0.1) is 5.92 Å². The highest BCUT2D eigenvalue weighted by atomic mass is 15.1. The number of nitrogens with one attached hydrogen (secondary N) is 1. The molecule has 0 aliphatic carbocycles. The van der Waals surface area contributed by atoms with Crippen molar-refractivity contribution in [1.82, 2.24) is 14.9 Å². The molecular formula is C13H22N4. The Kier molecular flexibility index (Phi) is 4.74. The first kappa shape index (κ1) is 12.3. The standard InChI is InChI=1S/C13H22N4/c1-17-10-5-12(6-11-17)4-2-7-14-13-15-8-3-9-16-13/h3,8-9,12H,2,4-7,10-11H2,1H3,(H,14,15,16). The monoisotopic (exact) mass is 234 g/mol. The van der Waals surface area contributed by atoms with Crippen molar-refractivity contribution in [2.24, 2.45) is 5.92 Å². The summed E-state index contributed by atoms with van der Waals surface area (Å²) in [6.45, 7) is 3.51. The fourth-order valence-electron chi connectivity index (χ4n) is 2.33. The molecule has 1 fully saturated rings. The Balaban J connectivity index is 1.57. The third-order valence-electron chi connectivity index (χ3n) is 3.48. The number of likely N-dealkylation sites (tertiary alicyclic amines) is 1. The van der Waals surface area contributed by atoms with E-state index in [2.05, 4.69) is 27.2 Å². The van der Waals surface area contributed by atoms with Gasteiger partial charge in [0.25, 0.3) is 0 Å². The SMILES string of the molecule is CN1CCC(CCCNc2ncccn2)CC1. The maximum absolute atomic E-state index is 4.14. The second kappa shape index (κ2) is 6.55. The van der Waals surface area contributed by atoms with Crippen molar-refractivity contribution in [2.45, 2.75) is 25.7 Å². The number of rotatable bonds is 5. The maximum Gasteiger partial charge on any atom is 0.222 e. The van der Waals surface area contributed by atoms with Crippen LogP contribution in [0.15, 0.2) is 18.5 Å². The zero-order chi connectivity index (χ0) is 11.9. The van der Waals surface area contributed by atoms with Gasteiger partial charge in [0.15, 0.2) is 0 Å². The lowest BCUT2D eigenvalue weighted by molar-refractivity contribution is 0.211. The highest BCUT2D eigenvalue weighted by molar-refractivity contribution is 5.21. The number of hydrogen-bond donors (Lipinski definition) is 1. The summed E-state index contributed by atoms with van der Waals surface area (Å²) in [7, 11) is 2.21. The van der Waals surface area contributed by atoms with Crippen LogP contribution in [0.4, 0.5) is 5.95 Å². The minimum absolute atomic E-state index is 0.746. The average Bonchev–Trinajstić information content (AvgIpc) is 2.38. The van der Waals surface area contributed by atoms with Gasteiger partial charge in [-0.1, -0.05) is 0 Å². The molecule has 94 valence electrons. The van der Waals surface area contributed by atoms with Crippen LogP contribution >= 0.6 is 0 Å². The van der Waals surface area contributed by atoms with Gasteiger partial charge in [-0.25, -0.2) is 9.97 Å². The topological polar surface area (TPSA) is 41.0 Å². The fourth-order valence-corrected chi connectivity index (χ4v) is 2.33. The van der Waals surface area contributed by atoms with Crippen molar-refractivity contribution in [1.29, 1.82) is 0 Å². The molecule has 0 bridgehead atoms. The molecule has 0 radical (unpaired) electrons. The summed E-state index contributed by atoms with van der Waals surface area (Å²) in [4.78, 5) is 10.7. The van der Waals surface area contributed by atoms with Crippen LogP contribution < -0.4 is 5.32 Å². The van der Waals surface area contributed by atoms with Crippen LogP contribution in [-0.2, 0) is 0 Å². The molecule has 0 spiro atoms. The van der Waals surface area contributed by atoms with E-state index >= 15 is 0 Å². The summed E-state index contributed by atoms with van der Waals surface area (Å²) in [6, 6.07) is 1.84. The van der Waals surface area contributed by atoms with Crippen LogP contribution in [0.2, 0.25) is 0 Å². The van der Waals surface area contributed by atoms with Gasteiger partial charge in [-0.3, -0.25) is 0 Å². The second-order valence-corrected chi connectivity index (χ2v) is 4.89. The molecule has 4 nitrogen and oxygen atoms in total. The number of piperidine rings is 1. The minimum Gasteiger partial charge on any atom is -0.354 e. The van der Waals surface area contributed by atoms with Gasteiger partial charge in [0.2, 0.25) is 5.95 Å². The van der Waals surface area contributed by atoms with Crippen molar-refractivity contribution in [3.63, 3.8) is 0 Å². The lowest BCUT2D eigenvalue weighted by atomic mass is 9.92. The molecule has 0 aromatic carbocycles. The van der Waals surface area contributed by atoms with Crippen molar-refractivity contribution in [3.05, 3.63) is 18.5 Å². The molecule has 1 N–H and O–H groups in total. The number of aromatic nitrogens is 2. The van der Waals surface area contributed by atoms with Crippen LogP contribution in [0.25, 0.3) is 0 Å². The van der Waals surface area contributed by atoms with Crippen LogP contribution in [0.5, 0.6) is 0 Å². The van der Waals surface area contributed by atoms with E-state index in [0.29, 0.717) is 0 Å². The number of nitrogens with zero attached hydrogens (tertiary/aromatic N) is 3. The molecule has 2 heterocycles. The zero-order valence-electron chi connectivity index (χ0n) is 10.6. The summed E-state index contributed by atoms with van der Waals surface area (Å²) in [6.07, 6.45) is 8.80. The second-order valence-electron chi connectivity index (χ2n) is 4.89. The summed E-state index contributed by atoms with van der Waals surface area (Å²) in [5.41, 5.74) is 0. The van der Waals surface area contributed by atoms with E-state index in [4.69, 9.17) is 0 Å². The Labute approximate surface area is 103 Å². The quantitative estimate of drug-likeness (QED) is 0.791. The van der Waals surface area contributed by atoms with Crippen molar-refractivity contribution in [3.8, 4) is 0 Å². The lowest BCUT2D eigenvalue weighted by Gasteiger charge is -2.28. The van der Waals surface area contributed by atoms with E-state index in [1.165, 1.54) is 38.8 Å². The molecular weight excluding hydrogens is 212 g/mol.